The number of primary amides is 1. The fourth-order valence-corrected chi connectivity index (χ4v) is 4.98. The second kappa shape index (κ2) is 9.23. The first kappa shape index (κ1) is 23.6. The van der Waals surface area contributed by atoms with E-state index in [-0.39, 0.29) is 17.4 Å². The number of pyridine rings is 2. The molecule has 5 heterocycles. The number of aromatic amines is 1. The standard InChI is InChI=1S/C25H20ClN9O3/c1-13-23(19-5-4-17(11-28-19)38-25(27)37)31-24(30-13)21-7-3-16-8-14(9-22(36)35(16)21)18-10-15(26)2-6-20(18)34-12-29-32-33-34/h2,4-6,8-12,21H,3,7H2,1H3,(H2,27,37)(H,30,31)/t21-/m0/s1. The predicted molar refractivity (Wildman–Crippen MR) is 137 cm³/mol. The highest BCUT2D eigenvalue weighted by Gasteiger charge is 2.29. The van der Waals surface area contributed by atoms with Crippen LogP contribution in [0.15, 0.2) is 59.8 Å². The van der Waals surface area contributed by atoms with Crippen molar-refractivity contribution in [2.45, 2.75) is 25.8 Å². The number of benzene rings is 1. The Morgan fingerprint density at radius 2 is 2.08 bits per heavy atom. The molecule has 0 unspecified atom stereocenters. The number of tetrazole rings is 1. The molecule has 5 aromatic rings. The number of halogens is 1. The molecule has 12 nitrogen and oxygen atoms in total. The quantitative estimate of drug-likeness (QED) is 0.351. The Morgan fingerprint density at radius 1 is 1.21 bits per heavy atom. The zero-order valence-corrected chi connectivity index (χ0v) is 20.8. The summed E-state index contributed by atoms with van der Waals surface area (Å²) in [5, 5.41) is 12.0. The molecule has 1 aromatic carbocycles. The lowest BCUT2D eigenvalue weighted by Crippen LogP contribution is -2.24. The van der Waals surface area contributed by atoms with E-state index in [0.717, 1.165) is 22.5 Å². The van der Waals surface area contributed by atoms with Gasteiger partial charge in [-0.15, -0.1) is 5.10 Å². The van der Waals surface area contributed by atoms with E-state index in [1.54, 1.807) is 34.9 Å². The molecule has 0 fully saturated rings. The normalized spacial score (nSPS) is 14.4. The van der Waals surface area contributed by atoms with Crippen molar-refractivity contribution >= 4 is 17.7 Å². The molecule has 0 bridgehead atoms. The maximum absolute atomic E-state index is 13.4. The van der Waals surface area contributed by atoms with Crippen LogP contribution in [0.5, 0.6) is 5.75 Å². The zero-order valence-electron chi connectivity index (χ0n) is 20.0. The van der Waals surface area contributed by atoms with Crippen LogP contribution in [0.2, 0.25) is 5.02 Å². The van der Waals surface area contributed by atoms with Gasteiger partial charge in [-0.1, -0.05) is 11.6 Å². The lowest BCUT2D eigenvalue weighted by Gasteiger charge is -2.15. The van der Waals surface area contributed by atoms with Gasteiger partial charge in [-0.05, 0) is 72.2 Å². The van der Waals surface area contributed by atoms with Crippen LogP contribution in [-0.4, -0.2) is 45.8 Å². The summed E-state index contributed by atoms with van der Waals surface area (Å²) >= 11 is 6.30. The zero-order chi connectivity index (χ0) is 26.4. The van der Waals surface area contributed by atoms with Gasteiger partial charge in [0.15, 0.2) is 5.75 Å². The third-order valence-corrected chi connectivity index (χ3v) is 6.65. The van der Waals surface area contributed by atoms with Crippen molar-refractivity contribution in [3.8, 4) is 34.0 Å². The van der Waals surface area contributed by atoms with E-state index < -0.39 is 6.09 Å². The Morgan fingerprint density at radius 3 is 2.82 bits per heavy atom. The van der Waals surface area contributed by atoms with Gasteiger partial charge in [-0.3, -0.25) is 9.78 Å². The van der Waals surface area contributed by atoms with E-state index >= 15 is 0 Å². The molecule has 6 rings (SSSR count). The van der Waals surface area contributed by atoms with E-state index in [1.807, 2.05) is 19.1 Å². The number of rotatable bonds is 5. The summed E-state index contributed by atoms with van der Waals surface area (Å²) in [5.74, 6) is 0.909. The van der Waals surface area contributed by atoms with E-state index in [1.165, 1.54) is 17.2 Å². The number of hydrogen-bond acceptors (Lipinski definition) is 8. The van der Waals surface area contributed by atoms with Crippen molar-refractivity contribution in [2.24, 2.45) is 5.73 Å². The smallest absolute Gasteiger partial charge is 0.409 e. The highest BCUT2D eigenvalue weighted by Crippen LogP contribution is 2.35. The summed E-state index contributed by atoms with van der Waals surface area (Å²) in [6.07, 6.45) is 3.39. The average molecular weight is 530 g/mol. The molecule has 0 aliphatic carbocycles. The molecule has 4 aromatic heterocycles. The molecule has 190 valence electrons. The van der Waals surface area contributed by atoms with Gasteiger partial charge in [0.25, 0.3) is 5.56 Å². The van der Waals surface area contributed by atoms with Crippen LogP contribution in [0.25, 0.3) is 28.2 Å². The summed E-state index contributed by atoms with van der Waals surface area (Å²) < 4.78 is 8.14. The Balaban J connectivity index is 1.35. The number of aromatic nitrogens is 8. The molecule has 0 saturated carbocycles. The maximum atomic E-state index is 13.4. The fraction of sp³-hybridized carbons (Fsp3) is 0.160. The Labute approximate surface area is 220 Å². The summed E-state index contributed by atoms with van der Waals surface area (Å²) in [4.78, 5) is 36.8. The van der Waals surface area contributed by atoms with Gasteiger partial charge in [-0.2, -0.15) is 4.68 Å². The van der Waals surface area contributed by atoms with E-state index in [9.17, 15) is 9.59 Å². The number of aryl methyl sites for hydroxylation is 2. The highest BCUT2D eigenvalue weighted by atomic mass is 35.5. The van der Waals surface area contributed by atoms with Crippen molar-refractivity contribution in [1.82, 2.24) is 39.7 Å². The predicted octanol–water partition coefficient (Wildman–Crippen LogP) is 3.23. The second-order valence-corrected chi connectivity index (χ2v) is 9.25. The molecule has 1 aliphatic heterocycles. The topological polar surface area (TPSA) is 159 Å². The number of nitrogens with zero attached hydrogens (tertiary/aromatic N) is 7. The minimum Gasteiger partial charge on any atom is -0.409 e. The molecule has 38 heavy (non-hydrogen) atoms. The molecule has 0 radical (unpaired) electrons. The van der Waals surface area contributed by atoms with Crippen LogP contribution >= 0.6 is 11.6 Å². The number of carbonyl (C=O) groups is 1. The van der Waals surface area contributed by atoms with Crippen molar-refractivity contribution in [3.05, 3.63) is 87.6 Å². The molecule has 1 amide bonds. The Hall–Kier alpha value is -4.84. The third-order valence-electron chi connectivity index (χ3n) is 6.42. The fourth-order valence-electron chi connectivity index (χ4n) is 4.81. The number of amides is 1. The van der Waals surface area contributed by atoms with Crippen LogP contribution < -0.4 is 16.0 Å². The van der Waals surface area contributed by atoms with Gasteiger partial charge in [0.2, 0.25) is 0 Å². The SMILES string of the molecule is Cc1[nH]c([C@@H]2CCc3cc(-c4cc(Cl)ccc4-n4cnnn4)cc(=O)n32)nc1-c1ccc(OC(N)=O)cn1. The number of fused-ring (bicyclic) bond motifs is 1. The second-order valence-electron chi connectivity index (χ2n) is 8.81. The number of H-pyrrole nitrogens is 1. The third kappa shape index (κ3) is 4.20. The molecule has 13 heteroatoms. The van der Waals surface area contributed by atoms with Crippen LogP contribution in [0, 0.1) is 6.92 Å². The summed E-state index contributed by atoms with van der Waals surface area (Å²) in [6, 6.07) is 12.0. The molecule has 1 atom stereocenters. The lowest BCUT2D eigenvalue weighted by molar-refractivity contribution is 0.210. The van der Waals surface area contributed by atoms with E-state index in [0.29, 0.717) is 40.8 Å². The summed E-state index contributed by atoms with van der Waals surface area (Å²) in [6.45, 7) is 1.89. The molecular weight excluding hydrogens is 510 g/mol. The van der Waals surface area contributed by atoms with Crippen molar-refractivity contribution < 1.29 is 9.53 Å². The minimum atomic E-state index is -0.909. The molecular formula is C25H20ClN9O3. The van der Waals surface area contributed by atoms with Gasteiger partial charge in [0, 0.05) is 28.0 Å². The number of imidazole rings is 1. The first-order valence-electron chi connectivity index (χ1n) is 11.7. The number of carbonyl (C=O) groups excluding carboxylic acids is 1. The van der Waals surface area contributed by atoms with Gasteiger partial charge in [0.05, 0.1) is 23.6 Å². The van der Waals surface area contributed by atoms with Gasteiger partial charge >= 0.3 is 6.09 Å². The first-order valence-corrected chi connectivity index (χ1v) is 12.0. The summed E-state index contributed by atoms with van der Waals surface area (Å²) in [7, 11) is 0. The van der Waals surface area contributed by atoms with Crippen molar-refractivity contribution in [3.63, 3.8) is 0 Å². The van der Waals surface area contributed by atoms with Crippen molar-refractivity contribution in [1.29, 1.82) is 0 Å². The average Bonchev–Trinajstić information content (AvgIpc) is 3.64. The lowest BCUT2D eigenvalue weighted by atomic mass is 10.0. The summed E-state index contributed by atoms with van der Waals surface area (Å²) in [5.41, 5.74) is 10.0. The van der Waals surface area contributed by atoms with Crippen LogP contribution in [-0.2, 0) is 6.42 Å². The number of nitrogens with one attached hydrogen (secondary N) is 1. The Kier molecular flexibility index (Phi) is 5.72. The number of nitrogens with two attached hydrogens (primary N) is 1. The highest BCUT2D eigenvalue weighted by molar-refractivity contribution is 6.31. The maximum Gasteiger partial charge on any atom is 0.410 e. The van der Waals surface area contributed by atoms with E-state index in [4.69, 9.17) is 27.1 Å². The van der Waals surface area contributed by atoms with E-state index in [2.05, 4.69) is 25.5 Å². The monoisotopic (exact) mass is 529 g/mol. The van der Waals surface area contributed by atoms with Gasteiger partial charge in [0.1, 0.15) is 17.8 Å². The molecule has 1 aliphatic rings. The molecule has 0 saturated heterocycles. The van der Waals surface area contributed by atoms with Crippen LogP contribution in [0.4, 0.5) is 4.79 Å². The number of ether oxygens (including phenoxy) is 1. The molecule has 3 N–H and O–H groups in total. The Bertz CT molecular complexity index is 1730. The van der Waals surface area contributed by atoms with Gasteiger partial charge < -0.3 is 20.0 Å². The van der Waals surface area contributed by atoms with Crippen molar-refractivity contribution in [2.75, 3.05) is 0 Å². The minimum absolute atomic E-state index is 0.149. The van der Waals surface area contributed by atoms with Crippen LogP contribution in [0.1, 0.15) is 29.7 Å². The van der Waals surface area contributed by atoms with Gasteiger partial charge in [-0.25, -0.2) is 9.78 Å². The van der Waals surface area contributed by atoms with Crippen LogP contribution in [0.3, 0.4) is 0 Å². The number of hydrogen-bond donors (Lipinski definition) is 2. The first-order chi connectivity index (χ1) is 18.4. The largest absolute Gasteiger partial charge is 0.410 e. The molecule has 0 spiro atoms.